The van der Waals surface area contributed by atoms with Gasteiger partial charge in [-0.15, -0.1) is 0 Å². The van der Waals surface area contributed by atoms with E-state index < -0.39 is 5.97 Å². The summed E-state index contributed by atoms with van der Waals surface area (Å²) in [4.78, 5) is 41.3. The second kappa shape index (κ2) is 12.4. The number of likely N-dealkylation sites (tertiary alicyclic amines) is 2. The van der Waals surface area contributed by atoms with Crippen LogP contribution < -0.4 is 9.47 Å². The van der Waals surface area contributed by atoms with Crippen LogP contribution in [0.1, 0.15) is 65.3 Å². The molecule has 8 nitrogen and oxygen atoms in total. The van der Waals surface area contributed by atoms with Gasteiger partial charge >= 0.3 is 5.97 Å². The van der Waals surface area contributed by atoms with E-state index in [0.717, 1.165) is 63.8 Å². The van der Waals surface area contributed by atoms with Crippen molar-refractivity contribution >= 4 is 17.8 Å². The first-order valence-corrected chi connectivity index (χ1v) is 12.8. The Kier molecular flexibility index (Phi) is 8.81. The molecule has 2 aliphatic heterocycles. The van der Waals surface area contributed by atoms with Gasteiger partial charge in [-0.3, -0.25) is 9.59 Å². The average Bonchev–Trinajstić information content (AvgIpc) is 3.46. The zero-order valence-corrected chi connectivity index (χ0v) is 20.9. The third kappa shape index (κ3) is 6.56. The van der Waals surface area contributed by atoms with E-state index >= 15 is 0 Å². The monoisotopic (exact) mass is 494 g/mol. The smallest absolute Gasteiger partial charge is 0.338 e. The minimum Gasteiger partial charge on any atom is -0.490 e. The second-order valence-electron chi connectivity index (χ2n) is 9.10. The highest BCUT2D eigenvalue weighted by molar-refractivity contribution is 5.94. The molecule has 0 bridgehead atoms. The predicted molar refractivity (Wildman–Crippen MR) is 134 cm³/mol. The van der Waals surface area contributed by atoms with Gasteiger partial charge in [0.1, 0.15) is 6.61 Å². The highest BCUT2D eigenvalue weighted by Gasteiger charge is 2.20. The van der Waals surface area contributed by atoms with Crippen molar-refractivity contribution in [2.24, 2.45) is 0 Å². The molecule has 2 aromatic carbocycles. The number of carbonyl (C=O) groups excluding carboxylic acids is 3. The van der Waals surface area contributed by atoms with Crippen LogP contribution >= 0.6 is 0 Å². The largest absolute Gasteiger partial charge is 0.490 e. The fourth-order valence-electron chi connectivity index (χ4n) is 4.48. The van der Waals surface area contributed by atoms with E-state index in [0.29, 0.717) is 29.2 Å². The van der Waals surface area contributed by atoms with Crippen molar-refractivity contribution < 1.29 is 28.6 Å². The summed E-state index contributed by atoms with van der Waals surface area (Å²) < 4.78 is 16.9. The number of nitrogens with zero attached hydrogens (tertiary/aromatic N) is 2. The lowest BCUT2D eigenvalue weighted by Gasteiger charge is -2.26. The van der Waals surface area contributed by atoms with Crippen LogP contribution in [-0.4, -0.2) is 67.0 Å². The number of hydrogen-bond donors (Lipinski definition) is 0. The number of carbonyl (C=O) groups is 3. The molecule has 0 aromatic heterocycles. The third-order valence-electron chi connectivity index (χ3n) is 6.50. The van der Waals surface area contributed by atoms with E-state index in [1.54, 1.807) is 42.5 Å². The predicted octanol–water partition coefficient (Wildman–Crippen LogP) is 4.07. The molecule has 0 saturated carbocycles. The topological polar surface area (TPSA) is 85.4 Å². The summed E-state index contributed by atoms with van der Waals surface area (Å²) in [5.41, 5.74) is 1.76. The maximum absolute atomic E-state index is 12.7. The van der Waals surface area contributed by atoms with Crippen LogP contribution in [-0.2, 0) is 16.1 Å². The van der Waals surface area contributed by atoms with Gasteiger partial charge in [0.05, 0.1) is 12.2 Å². The van der Waals surface area contributed by atoms with Gasteiger partial charge in [-0.2, -0.15) is 0 Å². The van der Waals surface area contributed by atoms with Crippen molar-refractivity contribution in [1.82, 2.24) is 9.80 Å². The lowest BCUT2D eigenvalue weighted by molar-refractivity contribution is -0.134. The van der Waals surface area contributed by atoms with Crippen molar-refractivity contribution in [2.45, 2.75) is 45.6 Å². The Labute approximate surface area is 212 Å². The Morgan fingerprint density at radius 1 is 0.750 bits per heavy atom. The fraction of sp³-hybridized carbons (Fsp3) is 0.464. The van der Waals surface area contributed by atoms with Gasteiger partial charge in [0.15, 0.2) is 18.1 Å². The molecule has 2 amide bonds. The maximum Gasteiger partial charge on any atom is 0.338 e. The second-order valence-corrected chi connectivity index (χ2v) is 9.10. The van der Waals surface area contributed by atoms with Crippen LogP contribution in [0.4, 0.5) is 0 Å². The first kappa shape index (κ1) is 25.5. The molecule has 36 heavy (non-hydrogen) atoms. The zero-order chi connectivity index (χ0) is 25.3. The lowest BCUT2D eigenvalue weighted by atomic mass is 10.1. The van der Waals surface area contributed by atoms with E-state index in [1.165, 1.54) is 0 Å². The third-order valence-corrected chi connectivity index (χ3v) is 6.50. The highest BCUT2D eigenvalue weighted by Crippen LogP contribution is 2.29. The summed E-state index contributed by atoms with van der Waals surface area (Å²) in [6, 6.07) is 12.0. The van der Waals surface area contributed by atoms with Gasteiger partial charge in [0, 0.05) is 31.7 Å². The average molecular weight is 495 g/mol. The van der Waals surface area contributed by atoms with Crippen LogP contribution in [0.5, 0.6) is 11.5 Å². The molecule has 192 valence electrons. The summed E-state index contributed by atoms with van der Waals surface area (Å²) in [6.45, 7) is 5.39. The normalized spacial score (nSPS) is 15.5. The Morgan fingerprint density at radius 3 is 2.08 bits per heavy atom. The molecule has 2 heterocycles. The molecule has 2 saturated heterocycles. The van der Waals surface area contributed by atoms with E-state index in [-0.39, 0.29) is 25.0 Å². The molecule has 2 aliphatic rings. The van der Waals surface area contributed by atoms with E-state index in [4.69, 9.17) is 14.2 Å². The highest BCUT2D eigenvalue weighted by atomic mass is 16.5. The van der Waals surface area contributed by atoms with Crippen molar-refractivity contribution in [2.75, 3.05) is 39.4 Å². The summed E-state index contributed by atoms with van der Waals surface area (Å²) >= 11 is 0. The molecule has 8 heteroatoms. The number of hydrogen-bond acceptors (Lipinski definition) is 6. The summed E-state index contributed by atoms with van der Waals surface area (Å²) in [5.74, 6) is 0.303. The van der Waals surface area contributed by atoms with Crippen LogP contribution in [0.3, 0.4) is 0 Å². The maximum atomic E-state index is 12.7. The summed E-state index contributed by atoms with van der Waals surface area (Å²) in [5, 5.41) is 0. The van der Waals surface area contributed by atoms with Crippen molar-refractivity contribution in [1.29, 1.82) is 0 Å². The van der Waals surface area contributed by atoms with Gasteiger partial charge in [-0.25, -0.2) is 4.79 Å². The van der Waals surface area contributed by atoms with Gasteiger partial charge in [0.25, 0.3) is 11.8 Å². The molecule has 4 rings (SSSR count). The van der Waals surface area contributed by atoms with E-state index in [9.17, 15) is 14.4 Å². The van der Waals surface area contributed by atoms with Crippen molar-refractivity contribution in [3.05, 3.63) is 59.2 Å². The Balaban J connectivity index is 1.32. The number of rotatable bonds is 9. The molecular formula is C28H34N2O6. The van der Waals surface area contributed by atoms with Crippen LogP contribution in [0, 0.1) is 0 Å². The van der Waals surface area contributed by atoms with Crippen molar-refractivity contribution in [3.63, 3.8) is 0 Å². The number of esters is 1. The lowest BCUT2D eigenvalue weighted by Crippen LogP contribution is -2.38. The van der Waals surface area contributed by atoms with Crippen LogP contribution in [0.15, 0.2) is 42.5 Å². The first-order chi connectivity index (χ1) is 17.5. The van der Waals surface area contributed by atoms with Crippen molar-refractivity contribution in [3.8, 4) is 11.5 Å². The van der Waals surface area contributed by atoms with Gasteiger partial charge in [-0.1, -0.05) is 12.1 Å². The van der Waals surface area contributed by atoms with E-state index in [2.05, 4.69) is 0 Å². The van der Waals surface area contributed by atoms with Crippen LogP contribution in [0.2, 0.25) is 0 Å². The summed E-state index contributed by atoms with van der Waals surface area (Å²) in [7, 11) is 0. The molecule has 0 radical (unpaired) electrons. The quantitative estimate of drug-likeness (QED) is 0.489. The zero-order valence-electron chi connectivity index (χ0n) is 20.9. The first-order valence-electron chi connectivity index (χ1n) is 12.8. The molecule has 2 aromatic rings. The Bertz CT molecular complexity index is 1060. The molecule has 0 N–H and O–H groups in total. The van der Waals surface area contributed by atoms with Gasteiger partial charge < -0.3 is 24.0 Å². The standard InChI is InChI=1S/C28H34N2O6/c1-2-34-25-18-23(12-13-24(25)35-20-26(31)29-14-4-3-5-15-29)28(33)36-19-21-8-10-22(11-9-21)27(32)30-16-6-7-17-30/h8-13,18H,2-7,14-17,19-20H2,1H3. The fourth-order valence-corrected chi connectivity index (χ4v) is 4.48. The Hall–Kier alpha value is -3.55. The SMILES string of the molecule is CCOc1cc(C(=O)OCc2ccc(C(=O)N3CCCC3)cc2)ccc1OCC(=O)N1CCCCC1. The summed E-state index contributed by atoms with van der Waals surface area (Å²) in [6.07, 6.45) is 5.30. The molecule has 0 unspecified atom stereocenters. The minimum atomic E-state index is -0.496. The van der Waals surface area contributed by atoms with Gasteiger partial charge in [0.2, 0.25) is 0 Å². The minimum absolute atomic E-state index is 0.0411. The molecular weight excluding hydrogens is 460 g/mol. The van der Waals surface area contributed by atoms with E-state index in [1.807, 2.05) is 16.7 Å². The number of ether oxygens (including phenoxy) is 3. The number of amides is 2. The Morgan fingerprint density at radius 2 is 1.39 bits per heavy atom. The number of benzene rings is 2. The molecule has 2 fully saturated rings. The molecule has 0 atom stereocenters. The van der Waals surface area contributed by atoms with Gasteiger partial charge in [-0.05, 0) is 74.9 Å². The van der Waals surface area contributed by atoms with Crippen LogP contribution in [0.25, 0.3) is 0 Å². The molecule has 0 spiro atoms. The number of piperidine rings is 1. The molecule has 0 aliphatic carbocycles.